The quantitative estimate of drug-likeness (QED) is 0.775. The predicted molar refractivity (Wildman–Crippen MR) is 65.6 cm³/mol. The zero-order chi connectivity index (χ0) is 12.8. The van der Waals surface area contributed by atoms with Crippen LogP contribution in [0.1, 0.15) is 46.0 Å². The largest absolute Gasteiger partial charge is 0.481 e. The van der Waals surface area contributed by atoms with Crippen LogP contribution in [0.25, 0.3) is 0 Å². The van der Waals surface area contributed by atoms with E-state index in [4.69, 9.17) is 5.11 Å². The van der Waals surface area contributed by atoms with E-state index in [1.165, 1.54) is 0 Å². The summed E-state index contributed by atoms with van der Waals surface area (Å²) in [5, 5.41) is 8.61. The fourth-order valence-electron chi connectivity index (χ4n) is 2.19. The van der Waals surface area contributed by atoms with Gasteiger partial charge in [-0.2, -0.15) is 0 Å². The van der Waals surface area contributed by atoms with Crippen molar-refractivity contribution in [2.24, 2.45) is 11.8 Å². The smallest absolute Gasteiger partial charge is 0.303 e. The number of likely N-dealkylation sites (tertiary alicyclic amines) is 1. The van der Waals surface area contributed by atoms with E-state index < -0.39 is 5.97 Å². The Labute approximate surface area is 103 Å². The van der Waals surface area contributed by atoms with Crippen molar-refractivity contribution in [2.75, 3.05) is 13.1 Å². The summed E-state index contributed by atoms with van der Waals surface area (Å²) in [5.41, 5.74) is 0. The second-order valence-corrected chi connectivity index (χ2v) is 5.36. The highest BCUT2D eigenvalue weighted by molar-refractivity contribution is 5.76. The maximum Gasteiger partial charge on any atom is 0.303 e. The molecule has 0 saturated carbocycles. The molecule has 4 heteroatoms. The lowest BCUT2D eigenvalue weighted by molar-refractivity contribution is -0.137. The molecule has 1 aliphatic heterocycles. The van der Waals surface area contributed by atoms with Gasteiger partial charge in [-0.3, -0.25) is 9.59 Å². The molecule has 1 rings (SSSR count). The van der Waals surface area contributed by atoms with Crippen LogP contribution in [0.4, 0.5) is 0 Å². The molecule has 1 unspecified atom stereocenters. The van der Waals surface area contributed by atoms with Gasteiger partial charge in [0.2, 0.25) is 5.91 Å². The molecule has 1 heterocycles. The molecular formula is C13H23NO3. The van der Waals surface area contributed by atoms with Crippen molar-refractivity contribution < 1.29 is 14.7 Å². The van der Waals surface area contributed by atoms with Gasteiger partial charge in [-0.05, 0) is 31.1 Å². The summed E-state index contributed by atoms with van der Waals surface area (Å²) in [7, 11) is 0. The van der Waals surface area contributed by atoms with Crippen LogP contribution < -0.4 is 0 Å². The molecule has 1 fully saturated rings. The van der Waals surface area contributed by atoms with Gasteiger partial charge in [-0.15, -0.1) is 0 Å². The number of carbonyl (C=O) groups is 2. The highest BCUT2D eigenvalue weighted by Gasteiger charge is 2.26. The Morgan fingerprint density at radius 2 is 2.06 bits per heavy atom. The van der Waals surface area contributed by atoms with E-state index in [2.05, 4.69) is 13.8 Å². The normalized spacial score (nSPS) is 19.9. The van der Waals surface area contributed by atoms with Crippen LogP contribution in [-0.2, 0) is 9.59 Å². The van der Waals surface area contributed by atoms with E-state index in [1.807, 2.05) is 4.90 Å². The van der Waals surface area contributed by atoms with Gasteiger partial charge in [0.05, 0.1) is 0 Å². The lowest BCUT2D eigenvalue weighted by Crippen LogP contribution is -2.28. The molecule has 0 aliphatic carbocycles. The summed E-state index contributed by atoms with van der Waals surface area (Å²) in [5.74, 6) is 0.435. The van der Waals surface area contributed by atoms with Crippen LogP contribution in [0, 0.1) is 11.8 Å². The lowest BCUT2D eigenvalue weighted by atomic mass is 10.0. The average Bonchev–Trinajstić information content (AvgIpc) is 2.71. The van der Waals surface area contributed by atoms with Gasteiger partial charge in [0.25, 0.3) is 0 Å². The van der Waals surface area contributed by atoms with Gasteiger partial charge >= 0.3 is 5.97 Å². The maximum absolute atomic E-state index is 11.8. The highest BCUT2D eigenvalue weighted by Crippen LogP contribution is 2.22. The third kappa shape index (κ3) is 5.20. The Balaban J connectivity index is 2.24. The Morgan fingerprint density at radius 3 is 2.65 bits per heavy atom. The van der Waals surface area contributed by atoms with E-state index in [-0.39, 0.29) is 12.3 Å². The van der Waals surface area contributed by atoms with Crippen LogP contribution in [0.3, 0.4) is 0 Å². The summed E-state index contributed by atoms with van der Waals surface area (Å²) in [6, 6.07) is 0. The minimum atomic E-state index is -0.741. The third-order valence-electron chi connectivity index (χ3n) is 3.34. The van der Waals surface area contributed by atoms with Crippen molar-refractivity contribution in [3.63, 3.8) is 0 Å². The molecule has 0 radical (unpaired) electrons. The second-order valence-electron chi connectivity index (χ2n) is 5.36. The number of hydrogen-bond acceptors (Lipinski definition) is 2. The molecule has 1 amide bonds. The van der Waals surface area contributed by atoms with Crippen LogP contribution in [0.5, 0.6) is 0 Å². The molecular weight excluding hydrogens is 218 g/mol. The van der Waals surface area contributed by atoms with Gasteiger partial charge in [0, 0.05) is 25.9 Å². The van der Waals surface area contributed by atoms with Gasteiger partial charge in [-0.1, -0.05) is 13.8 Å². The molecule has 0 bridgehead atoms. The first-order chi connectivity index (χ1) is 7.99. The van der Waals surface area contributed by atoms with Gasteiger partial charge in [0.15, 0.2) is 0 Å². The van der Waals surface area contributed by atoms with E-state index in [0.717, 1.165) is 25.9 Å². The average molecular weight is 241 g/mol. The van der Waals surface area contributed by atoms with Crippen molar-refractivity contribution in [2.45, 2.75) is 46.0 Å². The number of carboxylic acids is 1. The number of carbonyl (C=O) groups excluding carboxylic acids is 1. The Morgan fingerprint density at radius 1 is 1.35 bits per heavy atom. The molecule has 0 spiro atoms. The summed E-state index contributed by atoms with van der Waals surface area (Å²) >= 11 is 0. The first-order valence-corrected chi connectivity index (χ1v) is 6.48. The number of nitrogens with zero attached hydrogens (tertiary/aromatic N) is 1. The van der Waals surface area contributed by atoms with E-state index in [0.29, 0.717) is 24.7 Å². The van der Waals surface area contributed by atoms with Crippen molar-refractivity contribution in [1.82, 2.24) is 4.90 Å². The molecule has 17 heavy (non-hydrogen) atoms. The first-order valence-electron chi connectivity index (χ1n) is 6.48. The van der Waals surface area contributed by atoms with Crippen LogP contribution in [-0.4, -0.2) is 35.0 Å². The van der Waals surface area contributed by atoms with Gasteiger partial charge in [-0.25, -0.2) is 0 Å². The minimum absolute atomic E-state index is 0.221. The fourth-order valence-corrected chi connectivity index (χ4v) is 2.19. The third-order valence-corrected chi connectivity index (χ3v) is 3.34. The standard InChI is InChI=1S/C13H23NO3/c1-10(2)3-5-12(15)14-8-7-11(9-14)4-6-13(16)17/h10-11H,3-9H2,1-2H3,(H,16,17). The molecule has 1 saturated heterocycles. The molecule has 0 aromatic rings. The predicted octanol–water partition coefficient (Wildman–Crippen LogP) is 2.14. The van der Waals surface area contributed by atoms with E-state index in [9.17, 15) is 9.59 Å². The SMILES string of the molecule is CC(C)CCC(=O)N1CCC(CCC(=O)O)C1. The zero-order valence-electron chi connectivity index (χ0n) is 10.8. The first kappa shape index (κ1) is 14.0. The van der Waals surface area contributed by atoms with Gasteiger partial charge in [0.1, 0.15) is 0 Å². The van der Waals surface area contributed by atoms with E-state index >= 15 is 0 Å². The van der Waals surface area contributed by atoms with Crippen LogP contribution in [0.15, 0.2) is 0 Å². The van der Waals surface area contributed by atoms with E-state index in [1.54, 1.807) is 0 Å². The lowest BCUT2D eigenvalue weighted by Gasteiger charge is -2.17. The molecule has 0 aromatic heterocycles. The molecule has 98 valence electrons. The highest BCUT2D eigenvalue weighted by atomic mass is 16.4. The molecule has 1 N–H and O–H groups in total. The Kier molecular flexibility index (Phi) is 5.45. The number of carboxylic acid groups (broad SMARTS) is 1. The fraction of sp³-hybridized carbons (Fsp3) is 0.846. The summed E-state index contributed by atoms with van der Waals surface area (Å²) < 4.78 is 0. The Bertz CT molecular complexity index is 276. The minimum Gasteiger partial charge on any atom is -0.481 e. The van der Waals surface area contributed by atoms with Gasteiger partial charge < -0.3 is 10.0 Å². The van der Waals surface area contributed by atoms with Crippen molar-refractivity contribution in [3.8, 4) is 0 Å². The number of hydrogen-bond donors (Lipinski definition) is 1. The summed E-state index contributed by atoms with van der Waals surface area (Å²) in [4.78, 5) is 24.2. The monoisotopic (exact) mass is 241 g/mol. The van der Waals surface area contributed by atoms with Crippen molar-refractivity contribution >= 4 is 11.9 Å². The number of aliphatic carboxylic acids is 1. The van der Waals surface area contributed by atoms with Crippen molar-refractivity contribution in [1.29, 1.82) is 0 Å². The molecule has 4 nitrogen and oxygen atoms in total. The van der Waals surface area contributed by atoms with Crippen LogP contribution >= 0.6 is 0 Å². The van der Waals surface area contributed by atoms with Crippen LogP contribution in [0.2, 0.25) is 0 Å². The molecule has 1 aliphatic rings. The number of rotatable bonds is 6. The molecule has 0 aromatic carbocycles. The maximum atomic E-state index is 11.8. The number of amides is 1. The Hall–Kier alpha value is -1.06. The zero-order valence-corrected chi connectivity index (χ0v) is 10.8. The van der Waals surface area contributed by atoms with Crippen molar-refractivity contribution in [3.05, 3.63) is 0 Å². The topological polar surface area (TPSA) is 57.6 Å². The molecule has 1 atom stereocenters. The second kappa shape index (κ2) is 6.62. The summed E-state index contributed by atoms with van der Waals surface area (Å²) in [6.45, 7) is 5.80. The summed E-state index contributed by atoms with van der Waals surface area (Å²) in [6.07, 6.45) is 3.45.